The lowest BCUT2D eigenvalue weighted by molar-refractivity contribution is -0.117. The summed E-state index contributed by atoms with van der Waals surface area (Å²) < 4.78 is 0. The van der Waals surface area contributed by atoms with Crippen LogP contribution in [0.25, 0.3) is 0 Å². The third-order valence-electron chi connectivity index (χ3n) is 3.35. The summed E-state index contributed by atoms with van der Waals surface area (Å²) in [5.41, 5.74) is 2.79. The van der Waals surface area contributed by atoms with E-state index in [1.165, 1.54) is 11.1 Å². The molecule has 0 aromatic heterocycles. The molecule has 1 aliphatic heterocycles. The highest BCUT2D eigenvalue weighted by atomic mass is 16.1. The SMILES string of the molecule is CC(=O)CCC1=CCCN(Cc2ccccc2)C1. The highest BCUT2D eigenvalue weighted by Gasteiger charge is 2.13. The van der Waals surface area contributed by atoms with Gasteiger partial charge in [0.2, 0.25) is 0 Å². The molecule has 1 aromatic carbocycles. The number of hydrogen-bond acceptors (Lipinski definition) is 2. The molecule has 0 radical (unpaired) electrons. The van der Waals surface area contributed by atoms with Crippen molar-refractivity contribution in [2.75, 3.05) is 13.1 Å². The van der Waals surface area contributed by atoms with Crippen LogP contribution in [0.5, 0.6) is 0 Å². The van der Waals surface area contributed by atoms with Gasteiger partial charge in [-0.15, -0.1) is 0 Å². The van der Waals surface area contributed by atoms with Crippen LogP contribution in [0, 0.1) is 0 Å². The molecular weight excluding hydrogens is 222 g/mol. The van der Waals surface area contributed by atoms with E-state index in [1.54, 1.807) is 6.92 Å². The molecule has 0 aliphatic carbocycles. The van der Waals surface area contributed by atoms with Gasteiger partial charge in [-0.05, 0) is 25.3 Å². The lowest BCUT2D eigenvalue weighted by atomic mass is 10.0. The molecule has 0 bridgehead atoms. The van der Waals surface area contributed by atoms with E-state index in [9.17, 15) is 4.79 Å². The summed E-state index contributed by atoms with van der Waals surface area (Å²) in [6, 6.07) is 10.6. The van der Waals surface area contributed by atoms with Crippen LogP contribution < -0.4 is 0 Å². The average Bonchev–Trinajstić information content (AvgIpc) is 2.38. The second kappa shape index (κ2) is 6.50. The van der Waals surface area contributed by atoms with Gasteiger partial charge < -0.3 is 4.79 Å². The van der Waals surface area contributed by atoms with Crippen molar-refractivity contribution in [3.05, 3.63) is 47.5 Å². The molecule has 0 saturated heterocycles. The number of ketones is 1. The molecule has 2 rings (SSSR count). The van der Waals surface area contributed by atoms with E-state index in [0.717, 1.165) is 32.5 Å². The zero-order valence-corrected chi connectivity index (χ0v) is 11.1. The summed E-state index contributed by atoms with van der Waals surface area (Å²) in [6.07, 6.45) is 5.04. The van der Waals surface area contributed by atoms with Crippen molar-refractivity contribution >= 4 is 5.78 Å². The Bertz CT molecular complexity index is 422. The molecule has 0 saturated carbocycles. The van der Waals surface area contributed by atoms with E-state index in [2.05, 4.69) is 41.3 Å². The summed E-state index contributed by atoms with van der Waals surface area (Å²) in [4.78, 5) is 13.5. The van der Waals surface area contributed by atoms with Crippen molar-refractivity contribution in [3.63, 3.8) is 0 Å². The van der Waals surface area contributed by atoms with Gasteiger partial charge in [0.1, 0.15) is 5.78 Å². The second-order valence-electron chi connectivity index (χ2n) is 5.05. The van der Waals surface area contributed by atoms with Gasteiger partial charge in [-0.2, -0.15) is 0 Å². The van der Waals surface area contributed by atoms with Gasteiger partial charge in [0.05, 0.1) is 0 Å². The van der Waals surface area contributed by atoms with Gasteiger partial charge in [-0.3, -0.25) is 4.90 Å². The lowest BCUT2D eigenvalue weighted by Gasteiger charge is -2.27. The number of Topliss-reactive ketones (excluding diaryl/α,β-unsaturated/α-hetero) is 1. The summed E-state index contributed by atoms with van der Waals surface area (Å²) in [5, 5.41) is 0. The molecule has 1 heterocycles. The minimum Gasteiger partial charge on any atom is -0.300 e. The van der Waals surface area contributed by atoms with Crippen LogP contribution in [-0.2, 0) is 11.3 Å². The molecule has 0 N–H and O–H groups in total. The number of nitrogens with zero attached hydrogens (tertiary/aromatic N) is 1. The van der Waals surface area contributed by atoms with Gasteiger partial charge in [-0.1, -0.05) is 42.0 Å². The fraction of sp³-hybridized carbons (Fsp3) is 0.438. The summed E-state index contributed by atoms with van der Waals surface area (Å²) in [6.45, 7) is 4.82. The number of benzene rings is 1. The third kappa shape index (κ3) is 4.11. The maximum atomic E-state index is 11.0. The van der Waals surface area contributed by atoms with E-state index in [4.69, 9.17) is 0 Å². The molecular formula is C16H21NO. The van der Waals surface area contributed by atoms with E-state index in [0.29, 0.717) is 6.42 Å². The summed E-state index contributed by atoms with van der Waals surface area (Å²) in [5.74, 6) is 0.288. The third-order valence-corrected chi connectivity index (χ3v) is 3.35. The Balaban J connectivity index is 1.86. The van der Waals surface area contributed by atoms with Crippen LogP contribution >= 0.6 is 0 Å². The summed E-state index contributed by atoms with van der Waals surface area (Å²) in [7, 11) is 0. The van der Waals surface area contributed by atoms with Gasteiger partial charge >= 0.3 is 0 Å². The molecule has 0 atom stereocenters. The first-order chi connectivity index (χ1) is 8.74. The fourth-order valence-electron chi connectivity index (χ4n) is 2.38. The van der Waals surface area contributed by atoms with E-state index >= 15 is 0 Å². The normalized spacial score (nSPS) is 16.4. The second-order valence-corrected chi connectivity index (χ2v) is 5.05. The molecule has 2 heteroatoms. The van der Waals surface area contributed by atoms with E-state index in [-0.39, 0.29) is 5.78 Å². The van der Waals surface area contributed by atoms with Crippen molar-refractivity contribution in [3.8, 4) is 0 Å². The first-order valence-corrected chi connectivity index (χ1v) is 6.67. The average molecular weight is 243 g/mol. The van der Waals surface area contributed by atoms with E-state index in [1.807, 2.05) is 0 Å². The largest absolute Gasteiger partial charge is 0.300 e. The minimum atomic E-state index is 0.288. The smallest absolute Gasteiger partial charge is 0.130 e. The standard InChI is InChI=1S/C16H21NO/c1-14(18)9-10-16-8-5-11-17(13-16)12-15-6-3-2-4-7-15/h2-4,6-8H,5,9-13H2,1H3. The lowest BCUT2D eigenvalue weighted by Crippen LogP contribution is -2.29. The van der Waals surface area contributed by atoms with Crippen molar-refractivity contribution in [1.29, 1.82) is 0 Å². The zero-order chi connectivity index (χ0) is 12.8. The van der Waals surface area contributed by atoms with Crippen LogP contribution in [0.15, 0.2) is 42.0 Å². The molecule has 1 aromatic rings. The van der Waals surface area contributed by atoms with Gasteiger partial charge in [0.15, 0.2) is 0 Å². The van der Waals surface area contributed by atoms with Crippen LogP contribution in [0.2, 0.25) is 0 Å². The first kappa shape index (κ1) is 13.0. The molecule has 0 spiro atoms. The Morgan fingerprint density at radius 1 is 1.28 bits per heavy atom. The Morgan fingerprint density at radius 2 is 2.06 bits per heavy atom. The van der Waals surface area contributed by atoms with Crippen molar-refractivity contribution in [1.82, 2.24) is 4.90 Å². The summed E-state index contributed by atoms with van der Waals surface area (Å²) >= 11 is 0. The molecule has 2 nitrogen and oxygen atoms in total. The number of rotatable bonds is 5. The first-order valence-electron chi connectivity index (χ1n) is 6.67. The maximum Gasteiger partial charge on any atom is 0.130 e. The maximum absolute atomic E-state index is 11.0. The van der Waals surface area contributed by atoms with Crippen molar-refractivity contribution in [2.24, 2.45) is 0 Å². The highest BCUT2D eigenvalue weighted by molar-refractivity contribution is 5.75. The fourth-order valence-corrected chi connectivity index (χ4v) is 2.38. The number of hydrogen-bond donors (Lipinski definition) is 0. The number of carbonyl (C=O) groups is 1. The minimum absolute atomic E-state index is 0.288. The zero-order valence-electron chi connectivity index (χ0n) is 11.1. The van der Waals surface area contributed by atoms with Gasteiger partial charge in [0, 0.05) is 26.1 Å². The topological polar surface area (TPSA) is 20.3 Å². The molecule has 1 aliphatic rings. The highest BCUT2D eigenvalue weighted by Crippen LogP contribution is 2.17. The van der Waals surface area contributed by atoms with Gasteiger partial charge in [-0.25, -0.2) is 0 Å². The quantitative estimate of drug-likeness (QED) is 0.740. The molecule has 0 fully saturated rings. The van der Waals surface area contributed by atoms with Crippen LogP contribution in [0.4, 0.5) is 0 Å². The van der Waals surface area contributed by atoms with E-state index < -0.39 is 0 Å². The van der Waals surface area contributed by atoms with Gasteiger partial charge in [0.25, 0.3) is 0 Å². The Hall–Kier alpha value is -1.41. The monoisotopic (exact) mass is 243 g/mol. The van der Waals surface area contributed by atoms with Crippen LogP contribution in [0.3, 0.4) is 0 Å². The number of carbonyl (C=O) groups excluding carboxylic acids is 1. The molecule has 18 heavy (non-hydrogen) atoms. The molecule has 96 valence electrons. The van der Waals surface area contributed by atoms with Crippen molar-refractivity contribution in [2.45, 2.75) is 32.7 Å². The molecule has 0 amide bonds. The Labute approximate surface area is 109 Å². The van der Waals surface area contributed by atoms with Crippen LogP contribution in [0.1, 0.15) is 31.7 Å². The Kier molecular flexibility index (Phi) is 4.71. The predicted octanol–water partition coefficient (Wildman–Crippen LogP) is 3.19. The van der Waals surface area contributed by atoms with Crippen LogP contribution in [-0.4, -0.2) is 23.8 Å². The predicted molar refractivity (Wildman–Crippen MR) is 74.3 cm³/mol. The van der Waals surface area contributed by atoms with Crippen molar-refractivity contribution < 1.29 is 4.79 Å². The Morgan fingerprint density at radius 3 is 2.78 bits per heavy atom. The molecule has 0 unspecified atom stereocenters.